The number of methoxy groups -OCH3 is 2. The average Bonchev–Trinajstić information content (AvgIpc) is 2.67. The third kappa shape index (κ3) is 5.35. The molecule has 2 aromatic carbocycles. The second kappa shape index (κ2) is 9.44. The van der Waals surface area contributed by atoms with Crippen molar-refractivity contribution in [2.75, 3.05) is 20.8 Å². The van der Waals surface area contributed by atoms with Gasteiger partial charge in [-0.2, -0.15) is 5.26 Å². The number of nitriles is 1. The summed E-state index contributed by atoms with van der Waals surface area (Å²) in [6.45, 7) is 4.38. The highest BCUT2D eigenvalue weighted by atomic mass is 16.5. The van der Waals surface area contributed by atoms with E-state index in [1.165, 1.54) is 0 Å². The van der Waals surface area contributed by atoms with E-state index in [1.807, 2.05) is 56.3 Å². The number of hydrogen-bond acceptors (Lipinski definition) is 4. The topological polar surface area (TPSA) is 71.3 Å². The Bertz CT molecular complexity index is 895. The van der Waals surface area contributed by atoms with Crippen LogP contribution in [0.15, 0.2) is 42.0 Å². The molecule has 0 aliphatic heterocycles. The molecule has 5 nitrogen and oxygen atoms in total. The van der Waals surface area contributed by atoms with Crippen molar-refractivity contribution in [1.29, 1.82) is 5.26 Å². The van der Waals surface area contributed by atoms with E-state index < -0.39 is 0 Å². The smallest absolute Gasteiger partial charge is 0.261 e. The zero-order chi connectivity index (χ0) is 19.8. The van der Waals surface area contributed by atoms with Crippen molar-refractivity contribution in [2.45, 2.75) is 20.3 Å². The van der Waals surface area contributed by atoms with Gasteiger partial charge >= 0.3 is 0 Å². The van der Waals surface area contributed by atoms with E-state index in [9.17, 15) is 10.1 Å². The van der Waals surface area contributed by atoms with Crippen LogP contribution in [0.4, 0.5) is 0 Å². The Balaban J connectivity index is 2.01. The van der Waals surface area contributed by atoms with Gasteiger partial charge in [0.15, 0.2) is 11.5 Å². The fourth-order valence-electron chi connectivity index (χ4n) is 2.74. The number of benzene rings is 2. The molecule has 1 N–H and O–H groups in total. The van der Waals surface area contributed by atoms with Gasteiger partial charge in [0.25, 0.3) is 5.91 Å². The minimum absolute atomic E-state index is 0.0919. The molecule has 0 saturated carbocycles. The number of nitrogens with one attached hydrogen (secondary N) is 1. The summed E-state index contributed by atoms with van der Waals surface area (Å²) in [5, 5.41) is 12.1. The maximum absolute atomic E-state index is 12.3. The Labute approximate surface area is 160 Å². The molecule has 2 rings (SSSR count). The van der Waals surface area contributed by atoms with Crippen molar-refractivity contribution in [1.82, 2.24) is 5.32 Å². The summed E-state index contributed by atoms with van der Waals surface area (Å²) in [6, 6.07) is 13.5. The second-order valence-electron chi connectivity index (χ2n) is 6.23. The normalized spacial score (nSPS) is 10.9. The number of hydrogen-bond donors (Lipinski definition) is 1. The van der Waals surface area contributed by atoms with E-state index in [2.05, 4.69) is 5.32 Å². The third-order valence-electron chi connectivity index (χ3n) is 4.24. The first-order valence-corrected chi connectivity index (χ1v) is 8.66. The molecular formula is C22H24N2O3. The fourth-order valence-corrected chi connectivity index (χ4v) is 2.74. The van der Waals surface area contributed by atoms with Gasteiger partial charge < -0.3 is 14.8 Å². The average molecular weight is 364 g/mol. The lowest BCUT2D eigenvalue weighted by atomic mass is 10.0. The summed E-state index contributed by atoms with van der Waals surface area (Å²) in [5.41, 5.74) is 4.13. The molecule has 0 unspecified atom stereocenters. The molecule has 0 spiro atoms. The number of nitrogens with zero attached hydrogens (tertiary/aromatic N) is 1. The van der Waals surface area contributed by atoms with E-state index in [0.717, 1.165) is 22.3 Å². The summed E-state index contributed by atoms with van der Waals surface area (Å²) >= 11 is 0. The van der Waals surface area contributed by atoms with Gasteiger partial charge in [0, 0.05) is 6.54 Å². The number of ether oxygens (including phenoxy) is 2. The van der Waals surface area contributed by atoms with Gasteiger partial charge in [-0.25, -0.2) is 0 Å². The number of amides is 1. The van der Waals surface area contributed by atoms with Crippen LogP contribution in [0.5, 0.6) is 11.5 Å². The zero-order valence-electron chi connectivity index (χ0n) is 16.1. The van der Waals surface area contributed by atoms with E-state index >= 15 is 0 Å². The van der Waals surface area contributed by atoms with Crippen molar-refractivity contribution in [3.63, 3.8) is 0 Å². The van der Waals surface area contributed by atoms with Gasteiger partial charge in [-0.15, -0.1) is 0 Å². The van der Waals surface area contributed by atoms with Crippen LogP contribution in [-0.4, -0.2) is 26.7 Å². The van der Waals surface area contributed by atoms with E-state index in [1.54, 1.807) is 20.3 Å². The molecule has 0 aliphatic carbocycles. The van der Waals surface area contributed by atoms with Crippen LogP contribution in [0, 0.1) is 25.2 Å². The Hall–Kier alpha value is -3.26. The first kappa shape index (κ1) is 20.1. The monoisotopic (exact) mass is 364 g/mol. The number of rotatable bonds is 7. The highest BCUT2D eigenvalue weighted by molar-refractivity contribution is 6.01. The molecule has 0 aliphatic rings. The van der Waals surface area contributed by atoms with Crippen molar-refractivity contribution >= 4 is 12.0 Å². The summed E-state index contributed by atoms with van der Waals surface area (Å²) in [6.07, 6.45) is 2.24. The van der Waals surface area contributed by atoms with Gasteiger partial charge in [0.2, 0.25) is 0 Å². The van der Waals surface area contributed by atoms with Gasteiger partial charge in [-0.3, -0.25) is 4.79 Å². The quantitative estimate of drug-likeness (QED) is 0.602. The molecule has 27 heavy (non-hydrogen) atoms. The van der Waals surface area contributed by atoms with Crippen molar-refractivity contribution in [2.24, 2.45) is 0 Å². The van der Waals surface area contributed by atoms with Crippen molar-refractivity contribution in [3.8, 4) is 17.6 Å². The molecule has 2 aromatic rings. The first-order valence-electron chi connectivity index (χ1n) is 8.66. The highest BCUT2D eigenvalue weighted by Crippen LogP contribution is 2.27. The molecule has 0 aromatic heterocycles. The van der Waals surface area contributed by atoms with Crippen LogP contribution in [0.2, 0.25) is 0 Å². The molecule has 0 radical (unpaired) electrons. The molecule has 0 fully saturated rings. The molecule has 5 heteroatoms. The zero-order valence-corrected chi connectivity index (χ0v) is 16.1. The minimum Gasteiger partial charge on any atom is -0.493 e. The lowest BCUT2D eigenvalue weighted by Gasteiger charge is -2.10. The summed E-state index contributed by atoms with van der Waals surface area (Å²) in [5.74, 6) is 0.931. The molecule has 0 heterocycles. The van der Waals surface area contributed by atoms with Crippen LogP contribution in [0.3, 0.4) is 0 Å². The predicted molar refractivity (Wildman–Crippen MR) is 106 cm³/mol. The highest BCUT2D eigenvalue weighted by Gasteiger charge is 2.10. The molecular weight excluding hydrogens is 340 g/mol. The van der Waals surface area contributed by atoms with Gasteiger partial charge in [-0.05, 0) is 55.2 Å². The van der Waals surface area contributed by atoms with Crippen molar-refractivity contribution < 1.29 is 14.3 Å². The molecule has 140 valence electrons. The predicted octanol–water partition coefficient (Wildman–Crippen LogP) is 3.59. The van der Waals surface area contributed by atoms with Gasteiger partial charge in [0.05, 0.1) is 14.2 Å². The fraction of sp³-hybridized carbons (Fsp3) is 0.273. The minimum atomic E-state index is -0.377. The molecule has 0 atom stereocenters. The molecule has 0 saturated heterocycles. The van der Waals surface area contributed by atoms with Crippen molar-refractivity contribution in [3.05, 3.63) is 64.2 Å². The largest absolute Gasteiger partial charge is 0.493 e. The summed E-state index contributed by atoms with van der Waals surface area (Å²) in [4.78, 5) is 12.3. The number of carbonyl (C=O) groups excluding carboxylic acids is 1. The lowest BCUT2D eigenvalue weighted by molar-refractivity contribution is -0.117. The van der Waals surface area contributed by atoms with Gasteiger partial charge in [0.1, 0.15) is 11.6 Å². The number of aryl methyl sites for hydroxylation is 2. The maximum atomic E-state index is 12.3. The second-order valence-corrected chi connectivity index (χ2v) is 6.23. The van der Waals surface area contributed by atoms with E-state index in [0.29, 0.717) is 24.5 Å². The van der Waals surface area contributed by atoms with E-state index in [-0.39, 0.29) is 11.5 Å². The Morgan fingerprint density at radius 3 is 2.48 bits per heavy atom. The van der Waals surface area contributed by atoms with E-state index in [4.69, 9.17) is 9.47 Å². The third-order valence-corrected chi connectivity index (χ3v) is 4.24. The Morgan fingerprint density at radius 2 is 1.85 bits per heavy atom. The lowest BCUT2D eigenvalue weighted by Crippen LogP contribution is -2.26. The maximum Gasteiger partial charge on any atom is 0.261 e. The number of carbonyl (C=O) groups is 1. The molecule has 1 amide bonds. The van der Waals surface area contributed by atoms with Crippen LogP contribution < -0.4 is 14.8 Å². The van der Waals surface area contributed by atoms with Crippen LogP contribution >= 0.6 is 0 Å². The van der Waals surface area contributed by atoms with Crippen LogP contribution in [0.1, 0.15) is 22.3 Å². The standard InChI is InChI=1S/C22H24N2O3/c1-15-5-7-18(16(2)11-15)13-19(14-23)22(25)24-10-9-17-6-8-20(26-3)21(12-17)27-4/h5-8,11-13H,9-10H2,1-4H3,(H,24,25)/b19-13+. The first-order chi connectivity index (χ1) is 13.0. The van der Waals surface area contributed by atoms with Gasteiger partial charge in [-0.1, -0.05) is 29.8 Å². The van der Waals surface area contributed by atoms with Crippen LogP contribution in [0.25, 0.3) is 6.08 Å². The summed E-state index contributed by atoms with van der Waals surface area (Å²) in [7, 11) is 3.17. The Morgan fingerprint density at radius 1 is 1.11 bits per heavy atom. The summed E-state index contributed by atoms with van der Waals surface area (Å²) < 4.78 is 10.5. The van der Waals surface area contributed by atoms with Crippen LogP contribution in [-0.2, 0) is 11.2 Å². The Kier molecular flexibility index (Phi) is 7.01. The molecule has 0 bridgehead atoms. The SMILES string of the molecule is COc1ccc(CCNC(=O)/C(C#N)=C/c2ccc(C)cc2C)cc1OC.